The van der Waals surface area contributed by atoms with Gasteiger partial charge in [0.15, 0.2) is 5.76 Å². The molecule has 4 nitrogen and oxygen atoms in total. The third-order valence-corrected chi connectivity index (χ3v) is 3.81. The number of hydrazone groups is 1. The maximum atomic E-state index is 5.83. The Morgan fingerprint density at radius 1 is 1.20 bits per heavy atom. The number of furan rings is 1. The van der Waals surface area contributed by atoms with Crippen molar-refractivity contribution in [1.82, 2.24) is 0 Å². The molecule has 0 aliphatic carbocycles. The van der Waals surface area contributed by atoms with Crippen molar-refractivity contribution >= 4 is 33.7 Å². The molecule has 2 heterocycles. The van der Waals surface area contributed by atoms with Gasteiger partial charge in [-0.2, -0.15) is 5.10 Å². The molecule has 0 spiro atoms. The molecular weight excluding hydrogens is 318 g/mol. The van der Waals surface area contributed by atoms with E-state index in [-0.39, 0.29) is 0 Å². The minimum Gasteiger partial charge on any atom is -0.438 e. The van der Waals surface area contributed by atoms with Gasteiger partial charge in [-0.15, -0.1) is 0 Å². The first-order valence-corrected chi connectivity index (χ1v) is 7.50. The Morgan fingerprint density at radius 3 is 2.70 bits per heavy atom. The van der Waals surface area contributed by atoms with E-state index in [0.717, 1.165) is 34.9 Å². The lowest BCUT2D eigenvalue weighted by atomic mass is 10.3. The second kappa shape index (κ2) is 6.13. The molecule has 0 saturated carbocycles. The number of hydrogen-bond donors (Lipinski definition) is 1. The van der Waals surface area contributed by atoms with Crippen LogP contribution in [0.25, 0.3) is 0 Å². The molecule has 104 valence electrons. The molecule has 0 amide bonds. The lowest BCUT2D eigenvalue weighted by Crippen LogP contribution is -2.17. The number of para-hydroxylation sites is 1. The number of benzene rings is 1. The van der Waals surface area contributed by atoms with Crippen LogP contribution in [-0.2, 0) is 0 Å². The van der Waals surface area contributed by atoms with E-state index in [0.29, 0.717) is 0 Å². The fraction of sp³-hybridized carbons (Fsp3) is 0.267. The van der Waals surface area contributed by atoms with Gasteiger partial charge in [-0.25, -0.2) is 0 Å². The normalized spacial score (nSPS) is 15.2. The Balaban J connectivity index is 1.67. The maximum Gasteiger partial charge on any atom is 0.210 e. The predicted octanol–water partition coefficient (Wildman–Crippen LogP) is 4.09. The molecule has 5 heteroatoms. The third kappa shape index (κ3) is 3.04. The molecular formula is C15H16BrN3O. The Hall–Kier alpha value is -1.75. The van der Waals surface area contributed by atoms with Gasteiger partial charge >= 0.3 is 0 Å². The Labute approximate surface area is 126 Å². The van der Waals surface area contributed by atoms with E-state index < -0.39 is 0 Å². The summed E-state index contributed by atoms with van der Waals surface area (Å²) in [6, 6.07) is 11.8. The summed E-state index contributed by atoms with van der Waals surface area (Å²) in [7, 11) is 0. The zero-order valence-electron chi connectivity index (χ0n) is 11.1. The van der Waals surface area contributed by atoms with Gasteiger partial charge in [0.05, 0.1) is 16.4 Å². The van der Waals surface area contributed by atoms with Gasteiger partial charge in [0, 0.05) is 19.2 Å². The number of nitrogens with zero attached hydrogens (tertiary/aromatic N) is 2. The highest BCUT2D eigenvalue weighted by Crippen LogP contribution is 2.31. The summed E-state index contributed by atoms with van der Waals surface area (Å²) in [5.41, 5.74) is 3.92. The van der Waals surface area contributed by atoms with Gasteiger partial charge in [-0.3, -0.25) is 5.43 Å². The topological polar surface area (TPSA) is 40.8 Å². The van der Waals surface area contributed by atoms with E-state index >= 15 is 0 Å². The van der Waals surface area contributed by atoms with Gasteiger partial charge in [0.2, 0.25) is 5.88 Å². The molecule has 2 aromatic rings. The van der Waals surface area contributed by atoms with E-state index in [1.807, 2.05) is 36.4 Å². The van der Waals surface area contributed by atoms with Crippen LogP contribution in [0.15, 0.2) is 50.4 Å². The minimum atomic E-state index is 0.738. The quantitative estimate of drug-likeness (QED) is 0.676. The van der Waals surface area contributed by atoms with Gasteiger partial charge in [-0.1, -0.05) is 18.2 Å². The van der Waals surface area contributed by atoms with Crippen LogP contribution in [0.1, 0.15) is 18.6 Å². The van der Waals surface area contributed by atoms with Crippen molar-refractivity contribution in [2.75, 3.05) is 23.4 Å². The lowest BCUT2D eigenvalue weighted by Gasteiger charge is -2.13. The number of halogens is 1. The Kier molecular flexibility index (Phi) is 4.06. The van der Waals surface area contributed by atoms with Crippen molar-refractivity contribution in [2.24, 2.45) is 5.10 Å². The summed E-state index contributed by atoms with van der Waals surface area (Å²) in [6.07, 6.45) is 4.15. The second-order valence-electron chi connectivity index (χ2n) is 4.73. The average molecular weight is 334 g/mol. The molecule has 1 saturated heterocycles. The monoisotopic (exact) mass is 333 g/mol. The van der Waals surface area contributed by atoms with Crippen LogP contribution in [0.4, 0.5) is 11.6 Å². The van der Waals surface area contributed by atoms with Crippen LogP contribution in [0.5, 0.6) is 0 Å². The molecule has 0 atom stereocenters. The van der Waals surface area contributed by atoms with Crippen molar-refractivity contribution in [2.45, 2.75) is 12.8 Å². The molecule has 1 aromatic heterocycles. The first-order chi connectivity index (χ1) is 9.83. The summed E-state index contributed by atoms with van der Waals surface area (Å²) in [5.74, 6) is 1.64. The van der Waals surface area contributed by atoms with Gasteiger partial charge in [0.25, 0.3) is 0 Å². The minimum absolute atomic E-state index is 0.738. The van der Waals surface area contributed by atoms with E-state index in [2.05, 4.69) is 31.4 Å². The van der Waals surface area contributed by atoms with E-state index in [1.165, 1.54) is 12.8 Å². The highest BCUT2D eigenvalue weighted by molar-refractivity contribution is 9.10. The average Bonchev–Trinajstić information content (AvgIpc) is 3.09. The number of rotatable bonds is 4. The van der Waals surface area contributed by atoms with Crippen LogP contribution >= 0.6 is 15.9 Å². The standard InChI is InChI=1S/C15H16BrN3O/c16-14-10-13(20-15(14)19-8-4-5-9-19)11-17-18-12-6-2-1-3-7-12/h1-3,6-7,10-11,18H,4-5,8-9H2/b17-11-. The summed E-state index contributed by atoms with van der Waals surface area (Å²) in [5, 5.41) is 4.18. The summed E-state index contributed by atoms with van der Waals surface area (Å²) >= 11 is 3.55. The van der Waals surface area contributed by atoms with Crippen LogP contribution < -0.4 is 10.3 Å². The molecule has 3 rings (SSSR count). The molecule has 0 bridgehead atoms. The molecule has 20 heavy (non-hydrogen) atoms. The van der Waals surface area contributed by atoms with Crippen molar-refractivity contribution in [3.63, 3.8) is 0 Å². The molecule has 0 unspecified atom stereocenters. The Morgan fingerprint density at radius 2 is 1.95 bits per heavy atom. The van der Waals surface area contributed by atoms with Crippen LogP contribution in [-0.4, -0.2) is 19.3 Å². The van der Waals surface area contributed by atoms with Crippen molar-refractivity contribution in [3.8, 4) is 0 Å². The number of nitrogens with one attached hydrogen (secondary N) is 1. The highest BCUT2D eigenvalue weighted by atomic mass is 79.9. The third-order valence-electron chi connectivity index (χ3n) is 3.24. The van der Waals surface area contributed by atoms with E-state index in [4.69, 9.17) is 4.42 Å². The number of anilines is 2. The summed E-state index contributed by atoms with van der Waals surface area (Å²) < 4.78 is 6.81. The predicted molar refractivity (Wildman–Crippen MR) is 85.5 cm³/mol. The zero-order valence-corrected chi connectivity index (χ0v) is 12.6. The first-order valence-electron chi connectivity index (χ1n) is 6.71. The molecule has 0 radical (unpaired) electrons. The zero-order chi connectivity index (χ0) is 13.8. The molecule has 1 aromatic carbocycles. The SMILES string of the molecule is Brc1cc(/C=N\Nc2ccccc2)oc1N1CCCC1. The number of hydrogen-bond acceptors (Lipinski definition) is 4. The summed E-state index contributed by atoms with van der Waals surface area (Å²) in [6.45, 7) is 2.12. The van der Waals surface area contributed by atoms with Gasteiger partial charge < -0.3 is 9.32 Å². The lowest BCUT2D eigenvalue weighted by molar-refractivity contribution is 0.549. The van der Waals surface area contributed by atoms with E-state index in [1.54, 1.807) is 6.21 Å². The maximum absolute atomic E-state index is 5.83. The van der Waals surface area contributed by atoms with Crippen molar-refractivity contribution in [1.29, 1.82) is 0 Å². The van der Waals surface area contributed by atoms with Crippen molar-refractivity contribution < 1.29 is 4.42 Å². The first kappa shape index (κ1) is 13.2. The Bertz CT molecular complexity index is 588. The largest absolute Gasteiger partial charge is 0.438 e. The molecule has 1 aliphatic rings. The smallest absolute Gasteiger partial charge is 0.210 e. The molecule has 1 N–H and O–H groups in total. The van der Waals surface area contributed by atoms with Crippen LogP contribution in [0, 0.1) is 0 Å². The van der Waals surface area contributed by atoms with Crippen LogP contribution in [0.3, 0.4) is 0 Å². The fourth-order valence-corrected chi connectivity index (χ4v) is 2.82. The molecule has 1 fully saturated rings. The van der Waals surface area contributed by atoms with Gasteiger partial charge in [-0.05, 0) is 40.9 Å². The second-order valence-corrected chi connectivity index (χ2v) is 5.59. The van der Waals surface area contributed by atoms with E-state index in [9.17, 15) is 0 Å². The van der Waals surface area contributed by atoms with Crippen LogP contribution in [0.2, 0.25) is 0 Å². The summed E-state index contributed by atoms with van der Waals surface area (Å²) in [4.78, 5) is 2.26. The van der Waals surface area contributed by atoms with Crippen molar-refractivity contribution in [3.05, 3.63) is 46.6 Å². The van der Waals surface area contributed by atoms with Gasteiger partial charge in [0.1, 0.15) is 0 Å². The fourth-order valence-electron chi connectivity index (χ4n) is 2.26. The molecule has 1 aliphatic heterocycles. The highest BCUT2D eigenvalue weighted by Gasteiger charge is 2.19.